The summed E-state index contributed by atoms with van der Waals surface area (Å²) >= 11 is 0. The number of nitrogens with zero attached hydrogens (tertiary/aromatic N) is 2. The Balaban J connectivity index is 1.38. The largest absolute Gasteiger partial charge is 0.340 e. The molecule has 4 N–H and O–H groups in total. The van der Waals surface area contributed by atoms with E-state index in [-0.39, 0.29) is 6.03 Å². The molecule has 0 fully saturated rings. The number of amides is 2. The molecule has 0 saturated carbocycles. The van der Waals surface area contributed by atoms with Crippen molar-refractivity contribution in [3.8, 4) is 0 Å². The van der Waals surface area contributed by atoms with Gasteiger partial charge in [0.25, 0.3) is 0 Å². The predicted octanol–water partition coefficient (Wildman–Crippen LogP) is 6.53. The fraction of sp³-hybridized carbons (Fsp3) is 0.115. The van der Waals surface area contributed by atoms with Crippen LogP contribution in [0.25, 0.3) is 0 Å². The molecule has 1 heterocycles. The molecule has 0 spiro atoms. The predicted molar refractivity (Wildman–Crippen MR) is 135 cm³/mol. The lowest BCUT2D eigenvalue weighted by Gasteiger charge is -2.12. The van der Waals surface area contributed by atoms with Crippen LogP contribution in [-0.4, -0.2) is 16.0 Å². The van der Waals surface area contributed by atoms with Crippen molar-refractivity contribution in [2.45, 2.75) is 20.8 Å². The van der Waals surface area contributed by atoms with Gasteiger partial charge < -0.3 is 21.3 Å². The van der Waals surface area contributed by atoms with Gasteiger partial charge >= 0.3 is 6.03 Å². The third-order valence-electron chi connectivity index (χ3n) is 4.85. The Morgan fingerprint density at radius 3 is 1.76 bits per heavy atom. The first-order valence-electron chi connectivity index (χ1n) is 10.6. The van der Waals surface area contributed by atoms with Crippen LogP contribution in [0.3, 0.4) is 0 Å². The third-order valence-corrected chi connectivity index (χ3v) is 4.85. The first-order valence-corrected chi connectivity index (χ1v) is 10.6. The zero-order valence-electron chi connectivity index (χ0n) is 18.8. The maximum atomic E-state index is 12.3. The van der Waals surface area contributed by atoms with E-state index in [0.717, 1.165) is 22.6 Å². The molecule has 4 aromatic rings. The van der Waals surface area contributed by atoms with Gasteiger partial charge in [-0.15, -0.1) is 0 Å². The van der Waals surface area contributed by atoms with Crippen LogP contribution in [0, 0.1) is 20.8 Å². The molecule has 166 valence electrons. The van der Waals surface area contributed by atoms with Gasteiger partial charge in [0.2, 0.25) is 0 Å². The van der Waals surface area contributed by atoms with Crippen molar-refractivity contribution >= 4 is 40.4 Å². The zero-order chi connectivity index (χ0) is 23.2. The van der Waals surface area contributed by atoms with Crippen molar-refractivity contribution in [3.63, 3.8) is 0 Å². The van der Waals surface area contributed by atoms with Gasteiger partial charge in [-0.25, -0.2) is 14.8 Å². The van der Waals surface area contributed by atoms with E-state index < -0.39 is 0 Å². The highest BCUT2D eigenvalue weighted by Gasteiger charge is 2.06. The fourth-order valence-corrected chi connectivity index (χ4v) is 3.28. The SMILES string of the molecule is Cc1ccc(Nc2cc(Nc3ccc(NC(=O)Nc4cccc(C)c4)cc3)nc(C)n2)cc1. The number of aromatic nitrogens is 2. The second-order valence-electron chi connectivity index (χ2n) is 7.83. The molecule has 0 atom stereocenters. The maximum Gasteiger partial charge on any atom is 0.323 e. The van der Waals surface area contributed by atoms with Crippen molar-refractivity contribution in [1.82, 2.24) is 9.97 Å². The van der Waals surface area contributed by atoms with Gasteiger partial charge in [0.05, 0.1) is 0 Å². The molecule has 0 saturated heterocycles. The minimum atomic E-state index is -0.292. The van der Waals surface area contributed by atoms with Gasteiger partial charge in [-0.05, 0) is 74.9 Å². The highest BCUT2D eigenvalue weighted by molar-refractivity contribution is 5.99. The normalized spacial score (nSPS) is 10.4. The quantitative estimate of drug-likeness (QED) is 0.275. The van der Waals surface area contributed by atoms with E-state index in [1.807, 2.05) is 92.7 Å². The van der Waals surface area contributed by atoms with Gasteiger partial charge in [0.1, 0.15) is 17.5 Å². The molecule has 33 heavy (non-hydrogen) atoms. The zero-order valence-corrected chi connectivity index (χ0v) is 18.8. The van der Waals surface area contributed by atoms with Crippen molar-refractivity contribution in [1.29, 1.82) is 0 Å². The van der Waals surface area contributed by atoms with E-state index in [4.69, 9.17) is 0 Å². The average molecular weight is 439 g/mol. The number of nitrogens with one attached hydrogen (secondary N) is 4. The van der Waals surface area contributed by atoms with Crippen LogP contribution in [0.2, 0.25) is 0 Å². The lowest BCUT2D eigenvalue weighted by molar-refractivity contribution is 0.262. The van der Waals surface area contributed by atoms with E-state index in [0.29, 0.717) is 23.1 Å². The third kappa shape index (κ3) is 6.30. The molecular formula is C26H26N6O. The summed E-state index contributed by atoms with van der Waals surface area (Å²) in [5.74, 6) is 2.04. The number of rotatable bonds is 6. The number of carbonyl (C=O) groups excluding carboxylic acids is 1. The lowest BCUT2D eigenvalue weighted by Crippen LogP contribution is -2.19. The summed E-state index contributed by atoms with van der Waals surface area (Å²) in [6, 6.07) is 24.8. The molecule has 0 radical (unpaired) electrons. The summed E-state index contributed by atoms with van der Waals surface area (Å²) < 4.78 is 0. The van der Waals surface area contributed by atoms with Crippen LogP contribution in [0.15, 0.2) is 78.9 Å². The number of aryl methyl sites for hydroxylation is 3. The summed E-state index contributed by atoms with van der Waals surface area (Å²) in [7, 11) is 0. The molecule has 7 heteroatoms. The summed E-state index contributed by atoms with van der Waals surface area (Å²) in [4.78, 5) is 21.2. The standard InChI is InChI=1S/C26H26N6O/c1-17-7-9-20(10-8-17)29-24-16-25(28-19(3)27-24)30-21-11-13-22(14-12-21)31-26(33)32-23-6-4-5-18(2)15-23/h4-16H,1-3H3,(H2,31,32,33)(H2,27,28,29,30). The molecule has 0 aliphatic heterocycles. The lowest BCUT2D eigenvalue weighted by atomic mass is 10.2. The van der Waals surface area contributed by atoms with Crippen molar-refractivity contribution < 1.29 is 4.79 Å². The monoisotopic (exact) mass is 438 g/mol. The Bertz CT molecular complexity index is 1250. The highest BCUT2D eigenvalue weighted by Crippen LogP contribution is 2.22. The second kappa shape index (κ2) is 9.82. The summed E-state index contributed by atoms with van der Waals surface area (Å²) in [5.41, 5.74) is 5.53. The number of urea groups is 1. The van der Waals surface area contributed by atoms with Crippen LogP contribution in [0.1, 0.15) is 17.0 Å². The Hall–Kier alpha value is -4.39. The second-order valence-corrected chi connectivity index (χ2v) is 7.83. The van der Waals surface area contributed by atoms with Gasteiger partial charge in [-0.3, -0.25) is 0 Å². The molecule has 7 nitrogen and oxygen atoms in total. The molecule has 0 aliphatic carbocycles. The molecule has 0 bridgehead atoms. The van der Waals surface area contributed by atoms with Crippen LogP contribution >= 0.6 is 0 Å². The highest BCUT2D eigenvalue weighted by atomic mass is 16.2. The summed E-state index contributed by atoms with van der Waals surface area (Å²) in [6.45, 7) is 5.89. The number of anilines is 6. The molecule has 1 aromatic heterocycles. The minimum Gasteiger partial charge on any atom is -0.340 e. The molecule has 0 unspecified atom stereocenters. The molecule has 2 amide bonds. The van der Waals surface area contributed by atoms with Gasteiger partial charge in [-0.2, -0.15) is 0 Å². The molecule has 0 aliphatic rings. The summed E-state index contributed by atoms with van der Waals surface area (Å²) in [5, 5.41) is 12.3. The molecule has 4 rings (SSSR count). The Morgan fingerprint density at radius 1 is 0.606 bits per heavy atom. The van der Waals surface area contributed by atoms with Crippen LogP contribution in [0.4, 0.5) is 39.2 Å². The number of carbonyl (C=O) groups is 1. The van der Waals surface area contributed by atoms with E-state index >= 15 is 0 Å². The van der Waals surface area contributed by atoms with Crippen LogP contribution in [0.5, 0.6) is 0 Å². The topological polar surface area (TPSA) is 91.0 Å². The first kappa shape index (κ1) is 21.8. The van der Waals surface area contributed by atoms with E-state index in [1.54, 1.807) is 0 Å². The Kier molecular flexibility index (Phi) is 6.50. The number of hydrogen-bond acceptors (Lipinski definition) is 5. The van der Waals surface area contributed by atoms with Crippen LogP contribution < -0.4 is 21.3 Å². The maximum absolute atomic E-state index is 12.3. The van der Waals surface area contributed by atoms with Gasteiger partial charge in [0.15, 0.2) is 0 Å². The van der Waals surface area contributed by atoms with E-state index in [1.165, 1.54) is 5.56 Å². The molecular weight excluding hydrogens is 412 g/mol. The Morgan fingerprint density at radius 2 is 1.15 bits per heavy atom. The van der Waals surface area contributed by atoms with Crippen LogP contribution in [-0.2, 0) is 0 Å². The number of hydrogen-bond donors (Lipinski definition) is 4. The summed E-state index contributed by atoms with van der Waals surface area (Å²) in [6.07, 6.45) is 0. The fourth-order valence-electron chi connectivity index (χ4n) is 3.28. The minimum absolute atomic E-state index is 0.292. The Labute approximate surface area is 193 Å². The van der Waals surface area contributed by atoms with Crippen molar-refractivity contribution in [2.24, 2.45) is 0 Å². The van der Waals surface area contributed by atoms with E-state index in [2.05, 4.69) is 38.2 Å². The first-order chi connectivity index (χ1) is 15.9. The van der Waals surface area contributed by atoms with Gasteiger partial charge in [-0.1, -0.05) is 29.8 Å². The average Bonchev–Trinajstić information content (AvgIpc) is 2.76. The van der Waals surface area contributed by atoms with Gasteiger partial charge in [0, 0.05) is 28.8 Å². The van der Waals surface area contributed by atoms with Crippen molar-refractivity contribution in [3.05, 3.63) is 95.8 Å². The van der Waals surface area contributed by atoms with E-state index in [9.17, 15) is 4.79 Å². The smallest absolute Gasteiger partial charge is 0.323 e. The molecule has 3 aromatic carbocycles. The number of benzene rings is 3. The van der Waals surface area contributed by atoms with Crippen molar-refractivity contribution in [2.75, 3.05) is 21.3 Å².